The first-order chi connectivity index (χ1) is 6.75. The van der Waals surface area contributed by atoms with Crippen LogP contribution >= 0.6 is 11.3 Å². The number of nitrogens with zero attached hydrogens (tertiary/aromatic N) is 2. The van der Waals surface area contributed by atoms with Crippen molar-refractivity contribution in [1.82, 2.24) is 10.1 Å². The Morgan fingerprint density at radius 3 is 3.07 bits per heavy atom. The second kappa shape index (κ2) is 3.46. The summed E-state index contributed by atoms with van der Waals surface area (Å²) in [6.07, 6.45) is 2.72. The van der Waals surface area contributed by atoms with E-state index in [2.05, 4.69) is 20.0 Å². The molecular weight excluding hydrogens is 204 g/mol. The number of anilines is 2. The number of nitrogens with two attached hydrogens (primary N) is 1. The zero-order valence-electron chi connectivity index (χ0n) is 6.93. The van der Waals surface area contributed by atoms with Crippen LogP contribution in [-0.2, 0) is 0 Å². The Labute approximate surface area is 82.7 Å². The smallest absolute Gasteiger partial charge is 0.275 e. The molecule has 0 unspecified atom stereocenters. The summed E-state index contributed by atoms with van der Waals surface area (Å²) in [6.45, 7) is 0. The van der Waals surface area contributed by atoms with Crippen molar-refractivity contribution in [1.29, 1.82) is 0 Å². The van der Waals surface area contributed by atoms with Gasteiger partial charge < -0.3 is 15.6 Å². The maximum Gasteiger partial charge on any atom is 0.275 e. The molecule has 0 atom stereocenters. The number of carbonyl (C=O) groups is 1. The van der Waals surface area contributed by atoms with E-state index in [4.69, 9.17) is 5.73 Å². The average molecular weight is 210 g/mol. The summed E-state index contributed by atoms with van der Waals surface area (Å²) in [5.41, 5.74) is 6.16. The molecule has 0 saturated heterocycles. The monoisotopic (exact) mass is 210 g/mol. The second-order valence-electron chi connectivity index (χ2n) is 2.44. The van der Waals surface area contributed by atoms with Gasteiger partial charge in [0.25, 0.3) is 5.91 Å². The van der Waals surface area contributed by atoms with Crippen LogP contribution < -0.4 is 11.1 Å². The number of amides is 1. The standard InChI is InChI=1S/C7H6N4O2S/c8-7-11-5(3-14-7)6(12)10-4-1-9-13-2-4/h1-3H,(H2,8,11)(H,10,12). The maximum atomic E-state index is 11.4. The topological polar surface area (TPSA) is 94.0 Å². The van der Waals surface area contributed by atoms with E-state index in [9.17, 15) is 4.79 Å². The molecule has 2 heterocycles. The Bertz CT molecular complexity index is 436. The van der Waals surface area contributed by atoms with Crippen molar-refractivity contribution in [3.8, 4) is 0 Å². The molecule has 0 aliphatic rings. The third-order valence-corrected chi connectivity index (χ3v) is 2.12. The van der Waals surface area contributed by atoms with Crippen LogP contribution in [0.2, 0.25) is 0 Å². The van der Waals surface area contributed by atoms with Gasteiger partial charge in [-0.25, -0.2) is 4.98 Å². The van der Waals surface area contributed by atoms with Gasteiger partial charge in [-0.2, -0.15) is 0 Å². The van der Waals surface area contributed by atoms with Crippen molar-refractivity contribution in [3.63, 3.8) is 0 Å². The SMILES string of the molecule is Nc1nc(C(=O)Nc2cnoc2)cs1. The zero-order valence-corrected chi connectivity index (χ0v) is 7.75. The van der Waals surface area contributed by atoms with Gasteiger partial charge in [-0.1, -0.05) is 5.16 Å². The summed E-state index contributed by atoms with van der Waals surface area (Å²) in [7, 11) is 0. The molecule has 0 fully saturated rings. The van der Waals surface area contributed by atoms with Crippen molar-refractivity contribution in [2.45, 2.75) is 0 Å². The normalized spacial score (nSPS) is 10.0. The Hall–Kier alpha value is -1.89. The van der Waals surface area contributed by atoms with Crippen LogP contribution in [0.25, 0.3) is 0 Å². The van der Waals surface area contributed by atoms with Gasteiger partial charge in [0.15, 0.2) is 5.13 Å². The van der Waals surface area contributed by atoms with Crippen LogP contribution in [0.5, 0.6) is 0 Å². The first kappa shape index (κ1) is 8.70. The van der Waals surface area contributed by atoms with Gasteiger partial charge in [0.1, 0.15) is 17.6 Å². The van der Waals surface area contributed by atoms with Gasteiger partial charge in [-0.05, 0) is 0 Å². The summed E-state index contributed by atoms with van der Waals surface area (Å²) in [5, 5.41) is 7.93. The predicted octanol–water partition coefficient (Wildman–Crippen LogP) is 0.966. The largest absolute Gasteiger partial charge is 0.375 e. The fourth-order valence-electron chi connectivity index (χ4n) is 0.854. The number of nitrogen functional groups attached to an aromatic ring is 1. The number of thiazole rings is 1. The predicted molar refractivity (Wildman–Crippen MR) is 51.0 cm³/mol. The van der Waals surface area contributed by atoms with Crippen LogP contribution in [-0.4, -0.2) is 16.0 Å². The van der Waals surface area contributed by atoms with Crippen molar-refractivity contribution in [2.24, 2.45) is 0 Å². The van der Waals surface area contributed by atoms with Crippen molar-refractivity contribution in [2.75, 3.05) is 11.1 Å². The highest BCUT2D eigenvalue weighted by Gasteiger charge is 2.10. The fraction of sp³-hybridized carbons (Fsp3) is 0. The Balaban J connectivity index is 2.10. The summed E-state index contributed by atoms with van der Waals surface area (Å²) in [5.74, 6) is -0.332. The van der Waals surface area contributed by atoms with E-state index in [0.29, 0.717) is 10.8 Å². The van der Waals surface area contributed by atoms with Crippen LogP contribution in [0.1, 0.15) is 10.5 Å². The Morgan fingerprint density at radius 1 is 1.64 bits per heavy atom. The molecule has 1 amide bonds. The molecule has 2 rings (SSSR count). The number of aromatic nitrogens is 2. The van der Waals surface area contributed by atoms with E-state index in [1.807, 2.05) is 0 Å². The first-order valence-corrected chi connectivity index (χ1v) is 4.55. The highest BCUT2D eigenvalue weighted by atomic mass is 32.1. The number of carbonyl (C=O) groups excluding carboxylic acids is 1. The molecule has 0 radical (unpaired) electrons. The average Bonchev–Trinajstić information content (AvgIpc) is 2.75. The first-order valence-electron chi connectivity index (χ1n) is 3.67. The summed E-state index contributed by atoms with van der Waals surface area (Å²) in [4.78, 5) is 15.3. The highest BCUT2D eigenvalue weighted by Crippen LogP contribution is 2.13. The van der Waals surface area contributed by atoms with Gasteiger partial charge in [0, 0.05) is 5.38 Å². The maximum absolute atomic E-state index is 11.4. The Morgan fingerprint density at radius 2 is 2.50 bits per heavy atom. The van der Waals surface area contributed by atoms with Crippen LogP contribution in [0, 0.1) is 0 Å². The van der Waals surface area contributed by atoms with Gasteiger partial charge in [-0.15, -0.1) is 11.3 Å². The molecule has 0 aliphatic carbocycles. The molecule has 0 saturated carbocycles. The van der Waals surface area contributed by atoms with Crippen LogP contribution in [0.15, 0.2) is 22.4 Å². The van der Waals surface area contributed by atoms with Gasteiger partial charge >= 0.3 is 0 Å². The number of hydrogen-bond acceptors (Lipinski definition) is 6. The molecule has 0 spiro atoms. The summed E-state index contributed by atoms with van der Waals surface area (Å²) in [6, 6.07) is 0. The van der Waals surface area contributed by atoms with E-state index in [1.54, 1.807) is 5.38 Å². The molecule has 0 bridgehead atoms. The van der Waals surface area contributed by atoms with E-state index in [1.165, 1.54) is 23.8 Å². The van der Waals surface area contributed by atoms with Crippen LogP contribution in [0.4, 0.5) is 10.8 Å². The lowest BCUT2D eigenvalue weighted by molar-refractivity contribution is 0.102. The minimum atomic E-state index is -0.332. The minimum Gasteiger partial charge on any atom is -0.375 e. The highest BCUT2D eigenvalue weighted by molar-refractivity contribution is 7.13. The molecule has 14 heavy (non-hydrogen) atoms. The fourth-order valence-corrected chi connectivity index (χ4v) is 1.40. The molecule has 2 aromatic heterocycles. The molecule has 0 aliphatic heterocycles. The summed E-state index contributed by atoms with van der Waals surface area (Å²) < 4.78 is 4.55. The minimum absolute atomic E-state index is 0.286. The summed E-state index contributed by atoms with van der Waals surface area (Å²) >= 11 is 1.21. The lowest BCUT2D eigenvalue weighted by Gasteiger charge is -1.96. The van der Waals surface area contributed by atoms with E-state index >= 15 is 0 Å². The van der Waals surface area contributed by atoms with Gasteiger partial charge in [0.05, 0.1) is 6.20 Å². The molecule has 0 aromatic carbocycles. The lowest BCUT2D eigenvalue weighted by atomic mass is 10.4. The molecule has 2 aromatic rings. The van der Waals surface area contributed by atoms with E-state index in [-0.39, 0.29) is 11.6 Å². The second-order valence-corrected chi connectivity index (χ2v) is 3.33. The van der Waals surface area contributed by atoms with Crippen molar-refractivity contribution >= 4 is 28.1 Å². The Kier molecular flexibility index (Phi) is 2.15. The zero-order chi connectivity index (χ0) is 9.97. The molecular formula is C7H6N4O2S. The van der Waals surface area contributed by atoms with E-state index in [0.717, 1.165) is 0 Å². The number of hydrogen-bond donors (Lipinski definition) is 2. The molecule has 3 N–H and O–H groups in total. The van der Waals surface area contributed by atoms with Gasteiger partial charge in [-0.3, -0.25) is 4.79 Å². The molecule has 6 nitrogen and oxygen atoms in total. The quantitative estimate of drug-likeness (QED) is 0.770. The molecule has 72 valence electrons. The third kappa shape index (κ3) is 1.72. The number of rotatable bonds is 2. The van der Waals surface area contributed by atoms with E-state index < -0.39 is 0 Å². The third-order valence-electron chi connectivity index (χ3n) is 1.44. The lowest BCUT2D eigenvalue weighted by Crippen LogP contribution is -2.11. The van der Waals surface area contributed by atoms with Gasteiger partial charge in [0.2, 0.25) is 0 Å². The van der Waals surface area contributed by atoms with Crippen molar-refractivity contribution < 1.29 is 9.32 Å². The van der Waals surface area contributed by atoms with Crippen molar-refractivity contribution in [3.05, 3.63) is 23.5 Å². The van der Waals surface area contributed by atoms with Crippen LogP contribution in [0.3, 0.4) is 0 Å². The number of nitrogens with one attached hydrogen (secondary N) is 1. The molecule has 7 heteroatoms.